The predicted molar refractivity (Wildman–Crippen MR) is 111 cm³/mol. The molecule has 1 aliphatic heterocycles. The molecule has 138 valence electrons. The van der Waals surface area contributed by atoms with Crippen LogP contribution in [0.2, 0.25) is 0 Å². The summed E-state index contributed by atoms with van der Waals surface area (Å²) in [5, 5.41) is 16.4. The number of hydrogen-bond acceptors (Lipinski definition) is 5. The highest BCUT2D eigenvalue weighted by Crippen LogP contribution is 2.39. The van der Waals surface area contributed by atoms with Crippen LogP contribution in [0.4, 0.5) is 17.2 Å². The van der Waals surface area contributed by atoms with Gasteiger partial charge in [0, 0.05) is 17.3 Å². The third kappa shape index (κ3) is 2.95. The molecule has 0 saturated carbocycles. The minimum Gasteiger partial charge on any atom is -0.340 e. The number of carbonyl (C=O) groups is 1. The van der Waals surface area contributed by atoms with Crippen molar-refractivity contribution in [2.75, 3.05) is 10.6 Å². The zero-order valence-electron chi connectivity index (χ0n) is 15.3. The number of pyridine rings is 2. The van der Waals surface area contributed by atoms with Gasteiger partial charge in [0.25, 0.3) is 0 Å². The Balaban J connectivity index is 1.67. The number of benzene rings is 2. The summed E-state index contributed by atoms with van der Waals surface area (Å²) in [4.78, 5) is 21.9. The van der Waals surface area contributed by atoms with Crippen molar-refractivity contribution in [1.29, 1.82) is 5.26 Å². The topological polar surface area (TPSA) is 90.7 Å². The molecule has 6 nitrogen and oxygen atoms in total. The number of nitrogens with zero attached hydrogens (tertiary/aromatic N) is 3. The number of fused-ring (bicyclic) bond motifs is 2. The van der Waals surface area contributed by atoms with Crippen LogP contribution < -0.4 is 10.6 Å². The first-order valence-electron chi connectivity index (χ1n) is 9.15. The Morgan fingerprint density at radius 3 is 2.72 bits per heavy atom. The van der Waals surface area contributed by atoms with Gasteiger partial charge in [0.2, 0.25) is 5.91 Å². The highest BCUT2D eigenvalue weighted by Gasteiger charge is 2.33. The van der Waals surface area contributed by atoms with Crippen LogP contribution in [0, 0.1) is 11.3 Å². The average molecular weight is 377 g/mol. The molecular formula is C23H15N5O. The lowest BCUT2D eigenvalue weighted by molar-refractivity contribution is -0.116. The third-order valence-electron chi connectivity index (χ3n) is 4.97. The van der Waals surface area contributed by atoms with E-state index in [0.29, 0.717) is 22.8 Å². The summed E-state index contributed by atoms with van der Waals surface area (Å²) in [5.41, 5.74) is 4.21. The minimum absolute atomic E-state index is 0.151. The van der Waals surface area contributed by atoms with Crippen LogP contribution in [0.1, 0.15) is 22.7 Å². The highest BCUT2D eigenvalue weighted by molar-refractivity contribution is 6.05. The molecule has 0 aliphatic carbocycles. The Labute approximate surface area is 166 Å². The molecule has 5 rings (SSSR count). The van der Waals surface area contributed by atoms with Gasteiger partial charge in [0.1, 0.15) is 11.7 Å². The number of anilines is 3. The number of hydrogen-bond donors (Lipinski definition) is 2. The SMILES string of the molecule is N#Cc1ccc2c(c1)C(c1cc(Nc3ccccn3)c3ccccc3n1)C(=O)N2. The van der Waals surface area contributed by atoms with Crippen LogP contribution in [0.5, 0.6) is 0 Å². The van der Waals surface area contributed by atoms with E-state index in [9.17, 15) is 10.1 Å². The third-order valence-corrected chi connectivity index (χ3v) is 4.97. The van der Waals surface area contributed by atoms with Gasteiger partial charge in [-0.15, -0.1) is 0 Å². The van der Waals surface area contributed by atoms with Crippen molar-refractivity contribution in [1.82, 2.24) is 9.97 Å². The number of rotatable bonds is 3. The van der Waals surface area contributed by atoms with Gasteiger partial charge in [-0.2, -0.15) is 5.26 Å². The Bertz CT molecular complexity index is 1290. The fraction of sp³-hybridized carbons (Fsp3) is 0.0435. The molecule has 0 radical (unpaired) electrons. The molecule has 3 heterocycles. The smallest absolute Gasteiger partial charge is 0.238 e. The summed E-state index contributed by atoms with van der Waals surface area (Å²) in [6, 6.07) is 22.6. The monoisotopic (exact) mass is 377 g/mol. The average Bonchev–Trinajstić information content (AvgIpc) is 3.09. The fourth-order valence-corrected chi connectivity index (χ4v) is 3.65. The lowest BCUT2D eigenvalue weighted by Gasteiger charge is -2.14. The van der Waals surface area contributed by atoms with Gasteiger partial charge < -0.3 is 10.6 Å². The number of aromatic nitrogens is 2. The molecule has 6 heteroatoms. The molecule has 1 amide bonds. The van der Waals surface area contributed by atoms with E-state index in [1.165, 1.54) is 0 Å². The number of amides is 1. The van der Waals surface area contributed by atoms with E-state index in [1.54, 1.807) is 24.4 Å². The first-order valence-corrected chi connectivity index (χ1v) is 9.15. The van der Waals surface area contributed by atoms with Crippen LogP contribution in [0.25, 0.3) is 10.9 Å². The summed E-state index contributed by atoms with van der Waals surface area (Å²) in [7, 11) is 0. The predicted octanol–water partition coefficient (Wildman–Crippen LogP) is 4.33. The van der Waals surface area contributed by atoms with E-state index in [1.807, 2.05) is 48.5 Å². The molecule has 1 atom stereocenters. The molecule has 1 unspecified atom stereocenters. The summed E-state index contributed by atoms with van der Waals surface area (Å²) in [6.07, 6.45) is 1.72. The fourth-order valence-electron chi connectivity index (χ4n) is 3.65. The first-order chi connectivity index (χ1) is 14.2. The largest absolute Gasteiger partial charge is 0.340 e. The summed E-state index contributed by atoms with van der Waals surface area (Å²) >= 11 is 0. The van der Waals surface area contributed by atoms with Crippen molar-refractivity contribution in [2.45, 2.75) is 5.92 Å². The zero-order chi connectivity index (χ0) is 19.8. The van der Waals surface area contributed by atoms with E-state index < -0.39 is 5.92 Å². The summed E-state index contributed by atoms with van der Waals surface area (Å²) < 4.78 is 0. The molecular weight excluding hydrogens is 362 g/mol. The summed E-state index contributed by atoms with van der Waals surface area (Å²) in [5.74, 6) is -0.0216. The Morgan fingerprint density at radius 1 is 1.03 bits per heavy atom. The molecule has 2 N–H and O–H groups in total. The molecule has 0 fully saturated rings. The summed E-state index contributed by atoms with van der Waals surface area (Å²) in [6.45, 7) is 0. The van der Waals surface area contributed by atoms with Crippen molar-refractivity contribution >= 4 is 34.0 Å². The van der Waals surface area contributed by atoms with Crippen molar-refractivity contribution in [3.63, 3.8) is 0 Å². The van der Waals surface area contributed by atoms with Crippen molar-refractivity contribution in [3.05, 3.63) is 89.7 Å². The van der Waals surface area contributed by atoms with Crippen molar-refractivity contribution in [2.24, 2.45) is 0 Å². The van der Waals surface area contributed by atoms with Gasteiger partial charge in [0.15, 0.2) is 0 Å². The van der Waals surface area contributed by atoms with E-state index in [4.69, 9.17) is 4.98 Å². The second kappa shape index (κ2) is 6.73. The number of nitrogens with one attached hydrogen (secondary N) is 2. The van der Waals surface area contributed by atoms with Crippen LogP contribution in [-0.4, -0.2) is 15.9 Å². The highest BCUT2D eigenvalue weighted by atomic mass is 16.2. The van der Waals surface area contributed by atoms with Crippen LogP contribution in [0.15, 0.2) is 72.9 Å². The second-order valence-corrected chi connectivity index (χ2v) is 6.79. The van der Waals surface area contributed by atoms with E-state index in [-0.39, 0.29) is 5.91 Å². The normalized spacial score (nSPS) is 14.9. The molecule has 2 aromatic carbocycles. The molecule has 0 spiro atoms. The lowest BCUT2D eigenvalue weighted by atomic mass is 9.94. The molecule has 29 heavy (non-hydrogen) atoms. The molecule has 2 aromatic heterocycles. The minimum atomic E-state index is -0.577. The van der Waals surface area contributed by atoms with Gasteiger partial charge in [-0.1, -0.05) is 24.3 Å². The van der Waals surface area contributed by atoms with Gasteiger partial charge in [-0.05, 0) is 48.0 Å². The lowest BCUT2D eigenvalue weighted by Crippen LogP contribution is -2.15. The number of carbonyl (C=O) groups excluding carboxylic acids is 1. The Kier molecular flexibility index (Phi) is 3.92. The number of para-hydroxylation sites is 1. The van der Waals surface area contributed by atoms with Crippen molar-refractivity contribution < 1.29 is 4.79 Å². The molecule has 4 aromatic rings. The molecule has 0 saturated heterocycles. The maximum atomic E-state index is 12.8. The van der Waals surface area contributed by atoms with Gasteiger partial charge >= 0.3 is 0 Å². The van der Waals surface area contributed by atoms with Crippen LogP contribution >= 0.6 is 0 Å². The second-order valence-electron chi connectivity index (χ2n) is 6.79. The molecule has 0 bridgehead atoms. The quantitative estimate of drug-likeness (QED) is 0.555. The van der Waals surface area contributed by atoms with Crippen molar-refractivity contribution in [3.8, 4) is 6.07 Å². The standard InChI is InChI=1S/C23H15N5O/c24-13-14-8-9-18-16(11-14)22(23(29)28-18)20-12-19(27-21-7-3-4-10-25-21)15-5-1-2-6-17(15)26-20/h1-12,22H,(H,28,29)(H,25,26,27). The van der Waals surface area contributed by atoms with E-state index in [2.05, 4.69) is 21.7 Å². The van der Waals surface area contributed by atoms with Gasteiger partial charge in [-0.25, -0.2) is 4.98 Å². The first kappa shape index (κ1) is 16.9. The number of nitriles is 1. The Morgan fingerprint density at radius 2 is 1.90 bits per heavy atom. The van der Waals surface area contributed by atoms with E-state index >= 15 is 0 Å². The zero-order valence-corrected chi connectivity index (χ0v) is 15.3. The maximum Gasteiger partial charge on any atom is 0.238 e. The van der Waals surface area contributed by atoms with Crippen LogP contribution in [-0.2, 0) is 4.79 Å². The van der Waals surface area contributed by atoms with E-state index in [0.717, 1.165) is 22.2 Å². The van der Waals surface area contributed by atoms with Gasteiger partial charge in [0.05, 0.1) is 28.5 Å². The Hall–Kier alpha value is -4.24. The van der Waals surface area contributed by atoms with Gasteiger partial charge in [-0.3, -0.25) is 9.78 Å². The maximum absolute atomic E-state index is 12.8. The molecule has 1 aliphatic rings. The van der Waals surface area contributed by atoms with Crippen LogP contribution in [0.3, 0.4) is 0 Å².